The topological polar surface area (TPSA) is 12.0 Å². The molecule has 0 aromatic heterocycles. The van der Waals surface area contributed by atoms with Gasteiger partial charge < -0.3 is 5.32 Å². The van der Waals surface area contributed by atoms with Crippen LogP contribution in [0.15, 0.2) is 18.2 Å². The summed E-state index contributed by atoms with van der Waals surface area (Å²) in [7, 11) is 1.97. The summed E-state index contributed by atoms with van der Waals surface area (Å²) in [4.78, 5) is 0. The SMILES string of the molecule is CC#CCCC(NC)c1ccc(C)c(Cl)c1. The molecule has 16 heavy (non-hydrogen) atoms. The van der Waals surface area contributed by atoms with Crippen LogP contribution in [0.25, 0.3) is 0 Å². The maximum absolute atomic E-state index is 6.12. The Morgan fingerprint density at radius 2 is 2.19 bits per heavy atom. The van der Waals surface area contributed by atoms with Crippen molar-refractivity contribution < 1.29 is 0 Å². The molecule has 1 atom stereocenters. The van der Waals surface area contributed by atoms with E-state index >= 15 is 0 Å². The third-order valence-corrected chi connectivity index (χ3v) is 3.09. The molecule has 0 radical (unpaired) electrons. The molecule has 0 saturated heterocycles. The molecule has 1 unspecified atom stereocenters. The second-order valence-corrected chi connectivity index (χ2v) is 4.22. The van der Waals surface area contributed by atoms with Gasteiger partial charge in [-0.15, -0.1) is 11.8 Å². The third-order valence-electron chi connectivity index (χ3n) is 2.68. The molecule has 0 aliphatic rings. The van der Waals surface area contributed by atoms with Crippen molar-refractivity contribution in [3.05, 3.63) is 34.3 Å². The lowest BCUT2D eigenvalue weighted by Crippen LogP contribution is -2.16. The highest BCUT2D eigenvalue weighted by Gasteiger charge is 2.09. The molecule has 0 heterocycles. The number of rotatable bonds is 4. The number of nitrogens with one attached hydrogen (secondary N) is 1. The monoisotopic (exact) mass is 235 g/mol. The van der Waals surface area contributed by atoms with Crippen LogP contribution in [-0.4, -0.2) is 7.05 Å². The number of aryl methyl sites for hydroxylation is 1. The van der Waals surface area contributed by atoms with Gasteiger partial charge in [0.1, 0.15) is 0 Å². The predicted molar refractivity (Wildman–Crippen MR) is 70.7 cm³/mol. The standard InChI is InChI=1S/C14H18ClN/c1-4-5-6-7-14(16-3)12-9-8-11(2)13(15)10-12/h8-10,14,16H,6-7H2,1-3H3. The van der Waals surface area contributed by atoms with Crippen molar-refractivity contribution in [3.63, 3.8) is 0 Å². The second kappa shape index (κ2) is 6.58. The van der Waals surface area contributed by atoms with Gasteiger partial charge >= 0.3 is 0 Å². The Bertz CT molecular complexity index is 401. The predicted octanol–water partition coefficient (Wildman–Crippen LogP) is 3.71. The Hall–Kier alpha value is -0.970. The van der Waals surface area contributed by atoms with E-state index in [0.29, 0.717) is 6.04 Å². The smallest absolute Gasteiger partial charge is 0.0438 e. The van der Waals surface area contributed by atoms with Crippen molar-refractivity contribution in [2.75, 3.05) is 7.05 Å². The summed E-state index contributed by atoms with van der Waals surface area (Å²) in [6, 6.07) is 6.56. The molecule has 0 spiro atoms. The number of hydrogen-bond donors (Lipinski definition) is 1. The molecular formula is C14H18ClN. The fraction of sp³-hybridized carbons (Fsp3) is 0.429. The summed E-state index contributed by atoms with van der Waals surface area (Å²) in [5.74, 6) is 6.00. The minimum Gasteiger partial charge on any atom is -0.313 e. The maximum Gasteiger partial charge on any atom is 0.0438 e. The zero-order valence-electron chi connectivity index (χ0n) is 10.1. The quantitative estimate of drug-likeness (QED) is 0.785. The Morgan fingerprint density at radius 3 is 2.75 bits per heavy atom. The molecule has 0 aliphatic carbocycles. The van der Waals surface area contributed by atoms with E-state index in [2.05, 4.69) is 29.3 Å². The lowest BCUT2D eigenvalue weighted by molar-refractivity contribution is 0.558. The van der Waals surface area contributed by atoms with Crippen molar-refractivity contribution in [2.45, 2.75) is 32.7 Å². The fourth-order valence-electron chi connectivity index (χ4n) is 1.65. The minimum absolute atomic E-state index is 0.332. The van der Waals surface area contributed by atoms with Gasteiger partial charge in [0.05, 0.1) is 0 Å². The summed E-state index contributed by atoms with van der Waals surface area (Å²) < 4.78 is 0. The van der Waals surface area contributed by atoms with E-state index in [1.165, 1.54) is 5.56 Å². The first-order valence-electron chi connectivity index (χ1n) is 5.52. The molecule has 2 heteroatoms. The highest BCUT2D eigenvalue weighted by Crippen LogP contribution is 2.23. The van der Waals surface area contributed by atoms with E-state index in [1.807, 2.05) is 27.0 Å². The van der Waals surface area contributed by atoms with Gasteiger partial charge in [0.15, 0.2) is 0 Å². The fourth-order valence-corrected chi connectivity index (χ4v) is 1.83. The van der Waals surface area contributed by atoms with Gasteiger partial charge in [-0.2, -0.15) is 0 Å². The van der Waals surface area contributed by atoms with E-state index in [-0.39, 0.29) is 0 Å². The van der Waals surface area contributed by atoms with E-state index in [1.54, 1.807) is 0 Å². The molecule has 1 nitrogen and oxygen atoms in total. The molecule has 0 fully saturated rings. The molecule has 0 bridgehead atoms. The van der Waals surface area contributed by atoms with Crippen LogP contribution < -0.4 is 5.32 Å². The number of halogens is 1. The van der Waals surface area contributed by atoms with Gasteiger partial charge in [-0.25, -0.2) is 0 Å². The van der Waals surface area contributed by atoms with E-state index in [9.17, 15) is 0 Å². The van der Waals surface area contributed by atoms with Gasteiger partial charge in [0, 0.05) is 17.5 Å². The zero-order chi connectivity index (χ0) is 12.0. The summed E-state index contributed by atoms with van der Waals surface area (Å²) in [5.41, 5.74) is 2.35. The van der Waals surface area contributed by atoms with Crippen LogP contribution in [0.2, 0.25) is 5.02 Å². The van der Waals surface area contributed by atoms with Crippen LogP contribution in [0.1, 0.15) is 36.9 Å². The van der Waals surface area contributed by atoms with Crippen LogP contribution in [0.3, 0.4) is 0 Å². The van der Waals surface area contributed by atoms with Gasteiger partial charge in [-0.3, -0.25) is 0 Å². The van der Waals surface area contributed by atoms with Crippen LogP contribution >= 0.6 is 11.6 Å². The molecule has 1 aromatic rings. The molecule has 1 N–H and O–H groups in total. The summed E-state index contributed by atoms with van der Waals surface area (Å²) in [6.07, 6.45) is 1.92. The summed E-state index contributed by atoms with van der Waals surface area (Å²) >= 11 is 6.12. The first kappa shape index (κ1) is 13.1. The van der Waals surface area contributed by atoms with Crippen LogP contribution in [0.5, 0.6) is 0 Å². The Labute approximate surface area is 103 Å². The second-order valence-electron chi connectivity index (χ2n) is 3.82. The molecule has 1 aromatic carbocycles. The summed E-state index contributed by atoms with van der Waals surface area (Å²) in [5, 5.41) is 4.13. The van der Waals surface area contributed by atoms with Gasteiger partial charge in [0.25, 0.3) is 0 Å². The average Bonchev–Trinajstić information content (AvgIpc) is 2.29. The number of hydrogen-bond acceptors (Lipinski definition) is 1. The maximum atomic E-state index is 6.12. The Morgan fingerprint density at radius 1 is 1.44 bits per heavy atom. The van der Waals surface area contributed by atoms with Crippen molar-refractivity contribution >= 4 is 11.6 Å². The number of benzene rings is 1. The summed E-state index contributed by atoms with van der Waals surface area (Å²) in [6.45, 7) is 3.89. The van der Waals surface area contributed by atoms with E-state index in [0.717, 1.165) is 23.4 Å². The van der Waals surface area contributed by atoms with Crippen molar-refractivity contribution in [1.29, 1.82) is 0 Å². The highest BCUT2D eigenvalue weighted by molar-refractivity contribution is 6.31. The van der Waals surface area contributed by atoms with Crippen LogP contribution in [0, 0.1) is 18.8 Å². The van der Waals surface area contributed by atoms with Crippen molar-refractivity contribution in [2.24, 2.45) is 0 Å². The lowest BCUT2D eigenvalue weighted by atomic mass is 10.0. The van der Waals surface area contributed by atoms with Gasteiger partial charge in [-0.05, 0) is 44.5 Å². The average molecular weight is 236 g/mol. The molecule has 0 aliphatic heterocycles. The lowest BCUT2D eigenvalue weighted by Gasteiger charge is -2.16. The van der Waals surface area contributed by atoms with Crippen molar-refractivity contribution in [1.82, 2.24) is 5.32 Å². The van der Waals surface area contributed by atoms with E-state index < -0.39 is 0 Å². The normalized spacial score (nSPS) is 11.8. The molecule has 86 valence electrons. The minimum atomic E-state index is 0.332. The van der Waals surface area contributed by atoms with Gasteiger partial charge in [-0.1, -0.05) is 23.7 Å². The van der Waals surface area contributed by atoms with Crippen LogP contribution in [-0.2, 0) is 0 Å². The Kier molecular flexibility index (Phi) is 5.38. The molecule has 1 rings (SSSR count). The first-order chi connectivity index (χ1) is 7.69. The first-order valence-corrected chi connectivity index (χ1v) is 5.89. The van der Waals surface area contributed by atoms with Gasteiger partial charge in [0.2, 0.25) is 0 Å². The highest BCUT2D eigenvalue weighted by atomic mass is 35.5. The molecular weight excluding hydrogens is 218 g/mol. The third kappa shape index (κ3) is 3.56. The largest absolute Gasteiger partial charge is 0.313 e. The molecule has 0 saturated carbocycles. The molecule has 0 amide bonds. The van der Waals surface area contributed by atoms with E-state index in [4.69, 9.17) is 11.6 Å². The Balaban J connectivity index is 2.77. The zero-order valence-corrected chi connectivity index (χ0v) is 10.9. The van der Waals surface area contributed by atoms with Crippen molar-refractivity contribution in [3.8, 4) is 11.8 Å². The van der Waals surface area contributed by atoms with Crippen LogP contribution in [0.4, 0.5) is 0 Å².